The summed E-state index contributed by atoms with van der Waals surface area (Å²) in [5, 5.41) is 1.25. The Hall–Kier alpha value is -3.08. The summed E-state index contributed by atoms with van der Waals surface area (Å²) in [6.45, 7) is 7.05. The molecule has 28 heavy (non-hydrogen) atoms. The lowest BCUT2D eigenvalue weighted by atomic mass is 10.0. The van der Waals surface area contributed by atoms with Gasteiger partial charge in [-0.3, -0.25) is 0 Å². The summed E-state index contributed by atoms with van der Waals surface area (Å²) >= 11 is 0. The molecule has 3 aromatic rings. The smallest absolute Gasteiger partial charge is 0.0707 e. The zero-order valence-corrected chi connectivity index (χ0v) is 17.8. The van der Waals surface area contributed by atoms with E-state index in [2.05, 4.69) is 110 Å². The molecule has 0 nitrogen and oxygen atoms in total. The average Bonchev–Trinajstić information content (AvgIpc) is 2.71. The predicted molar refractivity (Wildman–Crippen MR) is 126 cm³/mol. The number of benzene rings is 3. The lowest BCUT2D eigenvalue weighted by molar-refractivity contribution is 1.60. The van der Waals surface area contributed by atoms with Crippen molar-refractivity contribution in [2.24, 2.45) is 0 Å². The molecule has 3 rings (SSSR count). The van der Waals surface area contributed by atoms with E-state index in [-0.39, 0.29) is 0 Å². The maximum absolute atomic E-state index is 3.49. The van der Waals surface area contributed by atoms with Crippen LogP contribution < -0.4 is 0 Å². The van der Waals surface area contributed by atoms with E-state index in [1.54, 1.807) is 0 Å². The van der Waals surface area contributed by atoms with Gasteiger partial charge in [0, 0.05) is 5.56 Å². The molecule has 0 aromatic heterocycles. The highest BCUT2D eigenvalue weighted by molar-refractivity contribution is 6.84. The van der Waals surface area contributed by atoms with Gasteiger partial charge in [-0.25, -0.2) is 0 Å². The molecule has 0 heterocycles. The van der Waals surface area contributed by atoms with Crippen LogP contribution in [-0.4, -0.2) is 8.07 Å². The Labute approximate surface area is 170 Å². The molecule has 0 aliphatic carbocycles. The SMILES string of the molecule is C[Si](C)(C)/C(C#Cc1ccccc1)=C/C(=C/c1ccccc1)c1ccccc1. The van der Waals surface area contributed by atoms with Crippen LogP contribution in [0.3, 0.4) is 0 Å². The van der Waals surface area contributed by atoms with Crippen molar-refractivity contribution in [1.82, 2.24) is 0 Å². The Bertz CT molecular complexity index is 1010. The zero-order chi connectivity index (χ0) is 19.8. The quantitative estimate of drug-likeness (QED) is 0.197. The third-order valence-electron chi connectivity index (χ3n) is 4.45. The van der Waals surface area contributed by atoms with Gasteiger partial charge in [-0.1, -0.05) is 110 Å². The van der Waals surface area contributed by atoms with E-state index in [9.17, 15) is 0 Å². The Kier molecular flexibility index (Phi) is 6.48. The maximum atomic E-state index is 3.49. The summed E-state index contributed by atoms with van der Waals surface area (Å²) in [5.74, 6) is 6.86. The number of rotatable bonds is 4. The normalized spacial score (nSPS) is 12.2. The molecule has 0 aliphatic rings. The lowest BCUT2D eigenvalue weighted by Gasteiger charge is -2.17. The zero-order valence-electron chi connectivity index (χ0n) is 16.8. The van der Waals surface area contributed by atoms with E-state index < -0.39 is 8.07 Å². The molecule has 0 fully saturated rings. The van der Waals surface area contributed by atoms with E-state index in [0.717, 1.165) is 5.56 Å². The minimum absolute atomic E-state index is 1.06. The third-order valence-corrected chi connectivity index (χ3v) is 6.34. The van der Waals surface area contributed by atoms with Crippen LogP contribution in [-0.2, 0) is 0 Å². The molecule has 138 valence electrons. The molecule has 3 aromatic carbocycles. The van der Waals surface area contributed by atoms with Crippen molar-refractivity contribution in [1.29, 1.82) is 0 Å². The number of hydrogen-bond donors (Lipinski definition) is 0. The largest absolute Gasteiger partial charge is 0.0884 e. The molecule has 0 saturated carbocycles. The van der Waals surface area contributed by atoms with Gasteiger partial charge in [-0.2, -0.15) is 0 Å². The van der Waals surface area contributed by atoms with Crippen LogP contribution in [0.25, 0.3) is 11.6 Å². The van der Waals surface area contributed by atoms with E-state index in [1.165, 1.54) is 21.9 Å². The highest BCUT2D eigenvalue weighted by Gasteiger charge is 2.19. The van der Waals surface area contributed by atoms with Crippen LogP contribution in [0.4, 0.5) is 0 Å². The summed E-state index contributed by atoms with van der Waals surface area (Å²) in [7, 11) is -1.61. The second-order valence-electron chi connectivity index (χ2n) is 7.80. The molecule has 0 spiro atoms. The molecule has 0 amide bonds. The first-order valence-electron chi connectivity index (χ1n) is 9.64. The van der Waals surface area contributed by atoms with E-state index in [1.807, 2.05) is 24.3 Å². The first-order valence-corrected chi connectivity index (χ1v) is 13.1. The summed E-state index contributed by atoms with van der Waals surface area (Å²) in [4.78, 5) is 0. The Morgan fingerprint density at radius 1 is 0.714 bits per heavy atom. The maximum Gasteiger partial charge on any atom is 0.0884 e. The van der Waals surface area contributed by atoms with E-state index in [0.29, 0.717) is 0 Å². The fourth-order valence-electron chi connectivity index (χ4n) is 2.82. The van der Waals surface area contributed by atoms with Crippen molar-refractivity contribution in [3.63, 3.8) is 0 Å². The van der Waals surface area contributed by atoms with Crippen LogP contribution >= 0.6 is 0 Å². The molecule has 0 unspecified atom stereocenters. The van der Waals surface area contributed by atoms with Gasteiger partial charge in [-0.15, -0.1) is 0 Å². The molecular weight excluding hydrogens is 352 g/mol. The summed E-state index contributed by atoms with van der Waals surface area (Å²) in [5.41, 5.74) is 4.67. The Balaban J connectivity index is 2.10. The van der Waals surface area contributed by atoms with Gasteiger partial charge in [0.05, 0.1) is 8.07 Å². The van der Waals surface area contributed by atoms with E-state index in [4.69, 9.17) is 0 Å². The molecular formula is C27H26Si. The summed E-state index contributed by atoms with van der Waals surface area (Å²) in [6.07, 6.45) is 4.55. The number of allylic oxidation sites excluding steroid dienone is 3. The highest BCUT2D eigenvalue weighted by Crippen LogP contribution is 2.24. The van der Waals surface area contributed by atoms with Crippen molar-refractivity contribution in [2.45, 2.75) is 19.6 Å². The number of hydrogen-bond acceptors (Lipinski definition) is 0. The Morgan fingerprint density at radius 3 is 1.82 bits per heavy atom. The van der Waals surface area contributed by atoms with E-state index >= 15 is 0 Å². The minimum atomic E-state index is -1.61. The standard InChI is InChI=1S/C27H26Si/c1-28(2,3)27(20-19-23-13-7-4-8-14-23)22-26(25-17-11-6-12-18-25)21-24-15-9-5-10-16-24/h4-18,21-22H,1-3H3/b26-21-,27-22+. The second-order valence-corrected chi connectivity index (χ2v) is 12.8. The second kappa shape index (κ2) is 9.22. The van der Waals surface area contributed by atoms with Gasteiger partial charge >= 0.3 is 0 Å². The van der Waals surface area contributed by atoms with Gasteiger partial charge in [-0.05, 0) is 46.2 Å². The van der Waals surface area contributed by atoms with Crippen LogP contribution in [0.2, 0.25) is 19.6 Å². The van der Waals surface area contributed by atoms with Crippen molar-refractivity contribution in [2.75, 3.05) is 0 Å². The topological polar surface area (TPSA) is 0 Å². The predicted octanol–water partition coefficient (Wildman–Crippen LogP) is 7.08. The molecule has 0 aliphatic heterocycles. The van der Waals surface area contributed by atoms with Crippen LogP contribution in [0.1, 0.15) is 16.7 Å². The van der Waals surface area contributed by atoms with Crippen molar-refractivity contribution < 1.29 is 0 Å². The fourth-order valence-corrected chi connectivity index (χ4v) is 3.85. The molecule has 0 saturated heterocycles. The van der Waals surface area contributed by atoms with Gasteiger partial charge in [0.25, 0.3) is 0 Å². The molecule has 1 heteroatoms. The molecule has 0 radical (unpaired) electrons. The highest BCUT2D eigenvalue weighted by atomic mass is 28.3. The molecule has 0 bridgehead atoms. The Morgan fingerprint density at radius 2 is 1.25 bits per heavy atom. The molecule has 0 N–H and O–H groups in total. The average molecular weight is 379 g/mol. The third kappa shape index (κ3) is 5.71. The minimum Gasteiger partial charge on any atom is -0.0707 e. The first kappa shape index (κ1) is 19.7. The first-order chi connectivity index (χ1) is 13.5. The van der Waals surface area contributed by atoms with Gasteiger partial charge in [0.15, 0.2) is 0 Å². The van der Waals surface area contributed by atoms with Crippen molar-refractivity contribution in [3.05, 3.63) is 119 Å². The van der Waals surface area contributed by atoms with Gasteiger partial charge in [0.2, 0.25) is 0 Å². The fraction of sp³-hybridized carbons (Fsp3) is 0.111. The van der Waals surface area contributed by atoms with Crippen LogP contribution in [0, 0.1) is 11.8 Å². The summed E-state index contributed by atoms with van der Waals surface area (Å²) < 4.78 is 0. The monoisotopic (exact) mass is 378 g/mol. The van der Waals surface area contributed by atoms with Gasteiger partial charge < -0.3 is 0 Å². The van der Waals surface area contributed by atoms with Crippen LogP contribution in [0.15, 0.2) is 102 Å². The van der Waals surface area contributed by atoms with Crippen LogP contribution in [0.5, 0.6) is 0 Å². The lowest BCUT2D eigenvalue weighted by Crippen LogP contribution is -2.23. The van der Waals surface area contributed by atoms with Gasteiger partial charge in [0.1, 0.15) is 0 Å². The molecule has 0 atom stereocenters. The van der Waals surface area contributed by atoms with Crippen molar-refractivity contribution in [3.8, 4) is 11.8 Å². The summed E-state index contributed by atoms with van der Waals surface area (Å²) in [6, 6.07) is 31.3. The van der Waals surface area contributed by atoms with Crippen molar-refractivity contribution >= 4 is 19.7 Å².